The van der Waals surface area contributed by atoms with Crippen LogP contribution in [0, 0.1) is 0 Å². The molecule has 2 heterocycles. The van der Waals surface area contributed by atoms with Gasteiger partial charge in [-0.15, -0.1) is 0 Å². The standard InChI is InChI=1S/C5H11NO.C5H11N/c7-5-1-3-6-4-2-5;1-2-4-6-5-3-1/h5-7H,1-4H2;6H,1-5H2. The number of aliphatic hydroxyl groups is 1. The van der Waals surface area contributed by atoms with E-state index in [0.717, 1.165) is 25.9 Å². The zero-order valence-electron chi connectivity index (χ0n) is 8.39. The van der Waals surface area contributed by atoms with Gasteiger partial charge in [-0.1, -0.05) is 6.42 Å². The smallest absolute Gasteiger partial charge is 0.0564 e. The van der Waals surface area contributed by atoms with Gasteiger partial charge in [-0.05, 0) is 51.9 Å². The molecule has 2 saturated heterocycles. The fraction of sp³-hybridized carbons (Fsp3) is 1.00. The minimum Gasteiger partial charge on any atom is -0.393 e. The molecule has 0 aliphatic carbocycles. The summed E-state index contributed by atoms with van der Waals surface area (Å²) in [6, 6.07) is 0. The number of hydrogen-bond acceptors (Lipinski definition) is 3. The predicted molar refractivity (Wildman–Crippen MR) is 54.8 cm³/mol. The lowest BCUT2D eigenvalue weighted by atomic mass is 10.1. The van der Waals surface area contributed by atoms with E-state index >= 15 is 0 Å². The predicted octanol–water partition coefficient (Wildman–Crippen LogP) is 0.491. The van der Waals surface area contributed by atoms with Crippen molar-refractivity contribution in [1.82, 2.24) is 10.6 Å². The highest BCUT2D eigenvalue weighted by atomic mass is 16.3. The van der Waals surface area contributed by atoms with Gasteiger partial charge >= 0.3 is 0 Å². The Morgan fingerprint density at radius 1 is 0.769 bits per heavy atom. The summed E-state index contributed by atoms with van der Waals surface area (Å²) in [5.74, 6) is 0. The minimum absolute atomic E-state index is 0.0266. The molecule has 0 radical (unpaired) electrons. The first kappa shape index (κ1) is 11.0. The first-order valence-corrected chi connectivity index (χ1v) is 5.49. The molecule has 0 aromatic carbocycles. The number of rotatable bonds is 0. The van der Waals surface area contributed by atoms with Crippen molar-refractivity contribution in [2.24, 2.45) is 0 Å². The maximum atomic E-state index is 8.87. The molecule has 3 N–H and O–H groups in total. The van der Waals surface area contributed by atoms with Gasteiger partial charge in [0.1, 0.15) is 0 Å². The van der Waals surface area contributed by atoms with Crippen LogP contribution in [0.25, 0.3) is 0 Å². The summed E-state index contributed by atoms with van der Waals surface area (Å²) >= 11 is 0. The number of hydrogen-bond donors (Lipinski definition) is 3. The summed E-state index contributed by atoms with van der Waals surface area (Å²) in [6.07, 6.45) is 6.05. The van der Waals surface area contributed by atoms with Crippen LogP contribution >= 0.6 is 0 Å². The second kappa shape index (κ2) is 7.30. The van der Waals surface area contributed by atoms with Gasteiger partial charge in [0.15, 0.2) is 0 Å². The average Bonchev–Trinajstić information content (AvgIpc) is 2.22. The van der Waals surface area contributed by atoms with Gasteiger partial charge < -0.3 is 15.7 Å². The number of aliphatic hydroxyl groups excluding tert-OH is 1. The second-order valence-electron chi connectivity index (χ2n) is 3.79. The molecular formula is C10H22N2O. The van der Waals surface area contributed by atoms with Crippen LogP contribution in [0.5, 0.6) is 0 Å². The Morgan fingerprint density at radius 3 is 1.54 bits per heavy atom. The maximum absolute atomic E-state index is 8.87. The Bertz CT molecular complexity index is 98.0. The van der Waals surface area contributed by atoms with Gasteiger partial charge in [0.25, 0.3) is 0 Å². The lowest BCUT2D eigenvalue weighted by molar-refractivity contribution is 0.137. The zero-order chi connectivity index (χ0) is 9.36. The largest absolute Gasteiger partial charge is 0.393 e. The van der Waals surface area contributed by atoms with Gasteiger partial charge in [-0.25, -0.2) is 0 Å². The average molecular weight is 186 g/mol. The van der Waals surface area contributed by atoms with Crippen LogP contribution in [0.3, 0.4) is 0 Å². The van der Waals surface area contributed by atoms with Gasteiger partial charge in [0.05, 0.1) is 6.10 Å². The van der Waals surface area contributed by atoms with E-state index < -0.39 is 0 Å². The first-order chi connectivity index (χ1) is 6.39. The van der Waals surface area contributed by atoms with Crippen LogP contribution in [0.1, 0.15) is 32.1 Å². The molecule has 3 nitrogen and oxygen atoms in total. The molecule has 0 aromatic heterocycles. The van der Waals surface area contributed by atoms with Crippen LogP contribution in [-0.2, 0) is 0 Å². The molecule has 78 valence electrons. The summed E-state index contributed by atoms with van der Waals surface area (Å²) in [5, 5.41) is 15.3. The molecule has 2 aliphatic rings. The molecule has 0 bridgehead atoms. The Balaban J connectivity index is 0.000000132. The van der Waals surface area contributed by atoms with Crippen molar-refractivity contribution in [2.45, 2.75) is 38.2 Å². The molecule has 13 heavy (non-hydrogen) atoms. The molecule has 0 aromatic rings. The fourth-order valence-electron chi connectivity index (χ4n) is 1.61. The summed E-state index contributed by atoms with van der Waals surface area (Å²) in [5.41, 5.74) is 0. The lowest BCUT2D eigenvalue weighted by Crippen LogP contribution is -2.30. The minimum atomic E-state index is -0.0266. The monoisotopic (exact) mass is 186 g/mol. The molecule has 0 unspecified atom stereocenters. The number of piperidine rings is 2. The van der Waals surface area contributed by atoms with Crippen LogP contribution in [-0.4, -0.2) is 37.4 Å². The van der Waals surface area contributed by atoms with Gasteiger partial charge in [-0.3, -0.25) is 0 Å². The van der Waals surface area contributed by atoms with Gasteiger partial charge in [0.2, 0.25) is 0 Å². The third kappa shape index (κ3) is 6.02. The van der Waals surface area contributed by atoms with E-state index in [1.165, 1.54) is 32.4 Å². The topological polar surface area (TPSA) is 44.3 Å². The second-order valence-corrected chi connectivity index (χ2v) is 3.79. The molecule has 2 fully saturated rings. The van der Waals surface area contributed by atoms with E-state index in [1.807, 2.05) is 0 Å². The van der Waals surface area contributed by atoms with E-state index in [4.69, 9.17) is 5.11 Å². The van der Waals surface area contributed by atoms with Crippen molar-refractivity contribution in [3.8, 4) is 0 Å². The summed E-state index contributed by atoms with van der Waals surface area (Å²) in [4.78, 5) is 0. The van der Waals surface area contributed by atoms with Crippen molar-refractivity contribution >= 4 is 0 Å². The highest BCUT2D eigenvalue weighted by Gasteiger charge is 2.06. The SMILES string of the molecule is C1CCNCC1.OC1CCNCC1. The van der Waals surface area contributed by atoms with E-state index in [1.54, 1.807) is 0 Å². The van der Waals surface area contributed by atoms with E-state index in [2.05, 4.69) is 10.6 Å². The van der Waals surface area contributed by atoms with Crippen molar-refractivity contribution in [3.63, 3.8) is 0 Å². The normalized spacial score (nSPS) is 24.7. The van der Waals surface area contributed by atoms with Gasteiger partial charge in [-0.2, -0.15) is 0 Å². The van der Waals surface area contributed by atoms with Crippen molar-refractivity contribution in [1.29, 1.82) is 0 Å². The highest BCUT2D eigenvalue weighted by Crippen LogP contribution is 1.99. The Hall–Kier alpha value is -0.120. The maximum Gasteiger partial charge on any atom is 0.0564 e. The van der Waals surface area contributed by atoms with E-state index in [0.29, 0.717) is 0 Å². The van der Waals surface area contributed by atoms with Crippen molar-refractivity contribution in [3.05, 3.63) is 0 Å². The molecule has 2 aliphatic heterocycles. The third-order valence-electron chi connectivity index (χ3n) is 2.52. The summed E-state index contributed by atoms with van der Waals surface area (Å²) < 4.78 is 0. The lowest BCUT2D eigenvalue weighted by Gasteiger charge is -2.16. The van der Waals surface area contributed by atoms with Crippen LogP contribution < -0.4 is 10.6 Å². The highest BCUT2D eigenvalue weighted by molar-refractivity contribution is 4.65. The molecule has 0 atom stereocenters. The molecule has 2 rings (SSSR count). The quantitative estimate of drug-likeness (QED) is 0.516. The Kier molecular flexibility index (Phi) is 6.15. The molecule has 3 heteroatoms. The molecule has 0 saturated carbocycles. The zero-order valence-corrected chi connectivity index (χ0v) is 8.39. The van der Waals surface area contributed by atoms with E-state index in [9.17, 15) is 0 Å². The molecule has 0 spiro atoms. The summed E-state index contributed by atoms with van der Waals surface area (Å²) in [7, 11) is 0. The number of nitrogens with one attached hydrogen (secondary N) is 2. The van der Waals surface area contributed by atoms with Gasteiger partial charge in [0, 0.05) is 0 Å². The summed E-state index contributed by atoms with van der Waals surface area (Å²) in [6.45, 7) is 4.47. The van der Waals surface area contributed by atoms with Crippen molar-refractivity contribution in [2.75, 3.05) is 26.2 Å². The van der Waals surface area contributed by atoms with Crippen LogP contribution in [0.4, 0.5) is 0 Å². The Labute approximate surface area is 80.9 Å². The Morgan fingerprint density at radius 2 is 1.31 bits per heavy atom. The van der Waals surface area contributed by atoms with Crippen molar-refractivity contribution < 1.29 is 5.11 Å². The van der Waals surface area contributed by atoms with E-state index in [-0.39, 0.29) is 6.10 Å². The van der Waals surface area contributed by atoms with Crippen LogP contribution in [0.2, 0.25) is 0 Å². The fourth-order valence-corrected chi connectivity index (χ4v) is 1.61. The third-order valence-corrected chi connectivity index (χ3v) is 2.52. The van der Waals surface area contributed by atoms with Crippen LogP contribution in [0.15, 0.2) is 0 Å². The molecular weight excluding hydrogens is 164 g/mol. The molecule has 0 amide bonds. The first-order valence-electron chi connectivity index (χ1n) is 5.49.